The van der Waals surface area contributed by atoms with Gasteiger partial charge in [-0.25, -0.2) is 8.42 Å². The van der Waals surface area contributed by atoms with Crippen LogP contribution in [-0.2, 0) is 19.6 Å². The summed E-state index contributed by atoms with van der Waals surface area (Å²) >= 11 is 0. The molecule has 2 rings (SSSR count). The van der Waals surface area contributed by atoms with E-state index in [1.165, 1.54) is 6.92 Å². The summed E-state index contributed by atoms with van der Waals surface area (Å²) in [5, 5.41) is 2.11. The molecule has 7 nitrogen and oxygen atoms in total. The largest absolute Gasteiger partial charge is 0.398 e. The van der Waals surface area contributed by atoms with Crippen LogP contribution in [0.2, 0.25) is 0 Å². The van der Waals surface area contributed by atoms with Gasteiger partial charge >= 0.3 is 0 Å². The number of rotatable bonds is 2. The molecular formula is C13H17N3O4S. The highest BCUT2D eigenvalue weighted by Crippen LogP contribution is 2.29. The predicted octanol–water partition coefficient (Wildman–Crippen LogP) is -0.0788. The van der Waals surface area contributed by atoms with Crippen LogP contribution in [0.5, 0.6) is 0 Å². The van der Waals surface area contributed by atoms with E-state index >= 15 is 0 Å². The van der Waals surface area contributed by atoms with Crippen molar-refractivity contribution in [3.63, 3.8) is 0 Å². The third kappa shape index (κ3) is 2.52. The lowest BCUT2D eigenvalue weighted by molar-refractivity contribution is -0.136. The first kappa shape index (κ1) is 15.5. The fraction of sp³-hybridized carbons (Fsp3) is 0.385. The standard InChI is InChI=1S/C13H17N3O4S/c1-7-4-5-10(14)8(2)12(7)21(19,20)16-6-11(17)15-13(18)9(16)3/h4-5,9H,6,14H2,1-3H3,(H,15,17,18). The van der Waals surface area contributed by atoms with E-state index < -0.39 is 27.9 Å². The first-order chi connectivity index (χ1) is 9.66. The summed E-state index contributed by atoms with van der Waals surface area (Å²) in [6, 6.07) is 2.28. The van der Waals surface area contributed by atoms with Gasteiger partial charge in [0.25, 0.3) is 0 Å². The molecule has 1 heterocycles. The molecule has 1 aliphatic rings. The first-order valence-electron chi connectivity index (χ1n) is 6.37. The molecule has 3 N–H and O–H groups in total. The normalized spacial score (nSPS) is 20.4. The van der Waals surface area contributed by atoms with E-state index in [1.807, 2.05) is 0 Å². The minimum atomic E-state index is -3.99. The summed E-state index contributed by atoms with van der Waals surface area (Å²) in [5.74, 6) is -1.27. The van der Waals surface area contributed by atoms with E-state index in [0.29, 0.717) is 16.8 Å². The number of nitrogens with zero attached hydrogens (tertiary/aromatic N) is 1. The Morgan fingerprint density at radius 2 is 1.90 bits per heavy atom. The molecule has 1 aromatic rings. The third-order valence-corrected chi connectivity index (χ3v) is 5.79. The molecular weight excluding hydrogens is 294 g/mol. The Kier molecular flexibility index (Phi) is 3.77. The fourth-order valence-electron chi connectivity index (χ4n) is 2.34. The summed E-state index contributed by atoms with van der Waals surface area (Å²) in [5.41, 5.74) is 7.06. The van der Waals surface area contributed by atoms with E-state index in [-0.39, 0.29) is 11.4 Å². The number of sulfonamides is 1. The Balaban J connectivity index is 2.60. The van der Waals surface area contributed by atoms with Crippen LogP contribution in [0.25, 0.3) is 0 Å². The molecule has 1 aliphatic heterocycles. The molecule has 0 spiro atoms. The molecule has 0 saturated carbocycles. The molecule has 1 atom stereocenters. The zero-order valence-electron chi connectivity index (χ0n) is 12.0. The topological polar surface area (TPSA) is 110 Å². The maximum absolute atomic E-state index is 12.8. The van der Waals surface area contributed by atoms with Crippen molar-refractivity contribution in [2.75, 3.05) is 12.3 Å². The third-order valence-electron chi connectivity index (χ3n) is 3.58. The number of aryl methyl sites for hydroxylation is 1. The van der Waals surface area contributed by atoms with Gasteiger partial charge in [0.05, 0.1) is 11.4 Å². The van der Waals surface area contributed by atoms with Crippen molar-refractivity contribution in [2.45, 2.75) is 31.7 Å². The summed E-state index contributed by atoms with van der Waals surface area (Å²) < 4.78 is 26.5. The van der Waals surface area contributed by atoms with Crippen molar-refractivity contribution in [3.8, 4) is 0 Å². The molecule has 114 valence electrons. The zero-order chi connectivity index (χ0) is 15.9. The summed E-state index contributed by atoms with van der Waals surface area (Å²) in [7, 11) is -3.99. The molecule has 0 aliphatic carbocycles. The van der Waals surface area contributed by atoms with Crippen LogP contribution < -0.4 is 11.1 Å². The lowest BCUT2D eigenvalue weighted by Crippen LogP contribution is -2.58. The van der Waals surface area contributed by atoms with Crippen LogP contribution in [0.15, 0.2) is 17.0 Å². The summed E-state index contributed by atoms with van der Waals surface area (Å²) in [6.45, 7) is 4.31. The van der Waals surface area contributed by atoms with Crippen molar-refractivity contribution < 1.29 is 18.0 Å². The Labute approximate surface area is 123 Å². The van der Waals surface area contributed by atoms with Gasteiger partial charge in [0.2, 0.25) is 21.8 Å². The van der Waals surface area contributed by atoms with Gasteiger partial charge in [0.1, 0.15) is 6.04 Å². The minimum absolute atomic E-state index is 0.0526. The minimum Gasteiger partial charge on any atom is -0.398 e. The van der Waals surface area contributed by atoms with Gasteiger partial charge in [-0.15, -0.1) is 0 Å². The second kappa shape index (κ2) is 5.12. The number of hydrogen-bond acceptors (Lipinski definition) is 5. The number of anilines is 1. The highest BCUT2D eigenvalue weighted by Gasteiger charge is 2.40. The van der Waals surface area contributed by atoms with E-state index in [2.05, 4.69) is 5.32 Å². The molecule has 1 saturated heterocycles. The van der Waals surface area contributed by atoms with E-state index in [1.54, 1.807) is 26.0 Å². The number of carbonyl (C=O) groups is 2. The van der Waals surface area contributed by atoms with Gasteiger partial charge in [0.15, 0.2) is 0 Å². The lowest BCUT2D eigenvalue weighted by Gasteiger charge is -2.31. The molecule has 8 heteroatoms. The maximum Gasteiger partial charge on any atom is 0.244 e. The number of nitrogen functional groups attached to an aromatic ring is 1. The van der Waals surface area contributed by atoms with Gasteiger partial charge < -0.3 is 5.73 Å². The van der Waals surface area contributed by atoms with Gasteiger partial charge in [0, 0.05) is 5.69 Å². The predicted molar refractivity (Wildman–Crippen MR) is 76.8 cm³/mol. The highest BCUT2D eigenvalue weighted by atomic mass is 32.2. The van der Waals surface area contributed by atoms with Crippen LogP contribution in [-0.4, -0.2) is 37.1 Å². The second-order valence-electron chi connectivity index (χ2n) is 5.06. The maximum atomic E-state index is 12.8. The number of amides is 2. The molecule has 0 radical (unpaired) electrons. The summed E-state index contributed by atoms with van der Waals surface area (Å²) in [4.78, 5) is 23.2. The number of nitrogens with two attached hydrogens (primary N) is 1. The van der Waals surface area contributed by atoms with Crippen LogP contribution in [0.3, 0.4) is 0 Å². The molecule has 1 unspecified atom stereocenters. The quantitative estimate of drug-likeness (QED) is 0.586. The SMILES string of the molecule is Cc1ccc(N)c(C)c1S(=O)(=O)N1CC(=O)NC(=O)C1C. The van der Waals surface area contributed by atoms with E-state index in [9.17, 15) is 18.0 Å². The first-order valence-corrected chi connectivity index (χ1v) is 7.81. The molecule has 1 aromatic carbocycles. The van der Waals surface area contributed by atoms with Gasteiger partial charge in [-0.2, -0.15) is 4.31 Å². The van der Waals surface area contributed by atoms with Gasteiger partial charge in [-0.1, -0.05) is 6.07 Å². The van der Waals surface area contributed by atoms with Crippen molar-refractivity contribution in [1.29, 1.82) is 0 Å². The Hall–Kier alpha value is -1.93. The Morgan fingerprint density at radius 3 is 2.52 bits per heavy atom. The molecule has 0 bridgehead atoms. The van der Waals surface area contributed by atoms with Crippen molar-refractivity contribution in [3.05, 3.63) is 23.3 Å². The number of carbonyl (C=O) groups excluding carboxylic acids is 2. The number of imide groups is 1. The number of piperazine rings is 1. The highest BCUT2D eigenvalue weighted by molar-refractivity contribution is 7.89. The Morgan fingerprint density at radius 1 is 1.29 bits per heavy atom. The average molecular weight is 311 g/mol. The second-order valence-corrected chi connectivity index (χ2v) is 6.89. The van der Waals surface area contributed by atoms with Crippen LogP contribution in [0.4, 0.5) is 5.69 Å². The molecule has 1 fully saturated rings. The molecule has 2 amide bonds. The van der Waals surface area contributed by atoms with Gasteiger partial charge in [-0.3, -0.25) is 14.9 Å². The molecule has 21 heavy (non-hydrogen) atoms. The lowest BCUT2D eigenvalue weighted by atomic mass is 10.1. The zero-order valence-corrected chi connectivity index (χ0v) is 12.8. The fourth-order valence-corrected chi connectivity index (χ4v) is 4.35. The number of benzene rings is 1. The van der Waals surface area contributed by atoms with Crippen molar-refractivity contribution in [1.82, 2.24) is 9.62 Å². The summed E-state index contributed by atoms with van der Waals surface area (Å²) in [6.07, 6.45) is 0. The van der Waals surface area contributed by atoms with Crippen LogP contribution in [0.1, 0.15) is 18.1 Å². The smallest absolute Gasteiger partial charge is 0.244 e. The van der Waals surface area contributed by atoms with Crippen molar-refractivity contribution >= 4 is 27.5 Å². The number of hydrogen-bond donors (Lipinski definition) is 2. The van der Waals surface area contributed by atoms with E-state index in [0.717, 1.165) is 4.31 Å². The van der Waals surface area contributed by atoms with Crippen molar-refractivity contribution in [2.24, 2.45) is 0 Å². The Bertz CT molecular complexity index is 727. The van der Waals surface area contributed by atoms with Gasteiger partial charge in [-0.05, 0) is 38.0 Å². The monoisotopic (exact) mass is 311 g/mol. The van der Waals surface area contributed by atoms with E-state index in [4.69, 9.17) is 5.73 Å². The number of nitrogens with one attached hydrogen (secondary N) is 1. The van der Waals surface area contributed by atoms with Crippen LogP contribution >= 0.6 is 0 Å². The van der Waals surface area contributed by atoms with Crippen LogP contribution in [0, 0.1) is 13.8 Å². The average Bonchev–Trinajstić information content (AvgIpc) is 2.38. The molecule has 0 aromatic heterocycles.